The molecule has 1 unspecified atom stereocenters. The van der Waals surface area contributed by atoms with Gasteiger partial charge in [-0.25, -0.2) is 4.98 Å². The predicted octanol–water partition coefficient (Wildman–Crippen LogP) is 3.82. The molecule has 1 aromatic rings. The van der Waals surface area contributed by atoms with Gasteiger partial charge in [-0.1, -0.05) is 26.0 Å². The Bertz CT molecular complexity index is 879. The van der Waals surface area contributed by atoms with Gasteiger partial charge in [0.15, 0.2) is 0 Å². The number of aliphatic hydroxyl groups is 1. The van der Waals surface area contributed by atoms with E-state index in [1.807, 2.05) is 19.9 Å². The van der Waals surface area contributed by atoms with Gasteiger partial charge in [0.2, 0.25) is 0 Å². The SMILES string of the molecule is CC(=O)O[C@@H]1C[C@@]2(O)[C@H](C)CC[C@@H](C(C)CN3CCN(c4cccc(C)n4)CC3)[C@H]2C=C1C. The van der Waals surface area contributed by atoms with Crippen molar-refractivity contribution in [2.45, 2.75) is 65.6 Å². The molecule has 0 radical (unpaired) electrons. The molecule has 1 saturated carbocycles. The Balaban J connectivity index is 1.40. The van der Waals surface area contributed by atoms with Crippen LogP contribution in [0.15, 0.2) is 29.8 Å². The zero-order valence-corrected chi connectivity index (χ0v) is 21.0. The molecule has 182 valence electrons. The number of hydrogen-bond donors (Lipinski definition) is 1. The van der Waals surface area contributed by atoms with Crippen molar-refractivity contribution in [3.05, 3.63) is 35.5 Å². The molecule has 1 aliphatic heterocycles. The highest BCUT2D eigenvalue weighted by molar-refractivity contribution is 5.66. The molecule has 1 N–H and O–H groups in total. The number of ether oxygens (including phenoxy) is 1. The predicted molar refractivity (Wildman–Crippen MR) is 131 cm³/mol. The standard InChI is InChI=1S/C27H41N3O3/c1-18-15-24-23(10-9-20(3)27(24,32)16-25(18)33-22(5)31)19(2)17-29-11-13-30(14-12-29)26-8-6-7-21(4)28-26/h6-8,15,19-20,23-25,32H,9-14,16-17H2,1-5H3/t19?,20-,23+,24-,25-,27-/m1/s1. The van der Waals surface area contributed by atoms with Crippen molar-refractivity contribution in [3.8, 4) is 0 Å². The molecular formula is C27H41N3O3. The topological polar surface area (TPSA) is 65.9 Å². The van der Waals surface area contributed by atoms with E-state index in [4.69, 9.17) is 4.74 Å². The van der Waals surface area contributed by atoms with Crippen LogP contribution in [-0.4, -0.2) is 65.4 Å². The van der Waals surface area contributed by atoms with Crippen LogP contribution >= 0.6 is 0 Å². The first-order chi connectivity index (χ1) is 15.7. The van der Waals surface area contributed by atoms with Gasteiger partial charge in [0.25, 0.3) is 0 Å². The van der Waals surface area contributed by atoms with Gasteiger partial charge in [0.1, 0.15) is 11.9 Å². The minimum Gasteiger partial charge on any atom is -0.458 e. The molecule has 33 heavy (non-hydrogen) atoms. The molecule has 6 nitrogen and oxygen atoms in total. The number of hydrogen-bond acceptors (Lipinski definition) is 6. The number of pyridine rings is 1. The van der Waals surface area contributed by atoms with Crippen LogP contribution in [0.2, 0.25) is 0 Å². The fourth-order valence-corrected chi connectivity index (χ4v) is 6.41. The summed E-state index contributed by atoms with van der Waals surface area (Å²) in [5.74, 6) is 2.07. The van der Waals surface area contributed by atoms with E-state index in [1.165, 1.54) is 6.92 Å². The van der Waals surface area contributed by atoms with Crippen LogP contribution in [0.4, 0.5) is 5.82 Å². The van der Waals surface area contributed by atoms with Gasteiger partial charge in [-0.3, -0.25) is 9.69 Å². The molecule has 2 heterocycles. The summed E-state index contributed by atoms with van der Waals surface area (Å²) in [5.41, 5.74) is 1.35. The summed E-state index contributed by atoms with van der Waals surface area (Å²) in [6.07, 6.45) is 4.61. The summed E-state index contributed by atoms with van der Waals surface area (Å²) in [4.78, 5) is 21.2. The molecule has 2 aliphatic carbocycles. The van der Waals surface area contributed by atoms with Gasteiger partial charge in [0, 0.05) is 57.7 Å². The first-order valence-electron chi connectivity index (χ1n) is 12.7. The van der Waals surface area contributed by atoms with E-state index in [1.54, 1.807) is 0 Å². The number of esters is 1. The second-order valence-electron chi connectivity index (χ2n) is 10.8. The van der Waals surface area contributed by atoms with E-state index in [-0.39, 0.29) is 23.9 Å². The molecule has 0 amide bonds. The Morgan fingerprint density at radius 1 is 1.24 bits per heavy atom. The largest absolute Gasteiger partial charge is 0.458 e. The fourth-order valence-electron chi connectivity index (χ4n) is 6.41. The minimum atomic E-state index is -0.799. The highest BCUT2D eigenvalue weighted by Gasteiger charge is 2.52. The lowest BCUT2D eigenvalue weighted by Gasteiger charge is -2.53. The van der Waals surface area contributed by atoms with Crippen molar-refractivity contribution >= 4 is 11.8 Å². The maximum absolute atomic E-state index is 11.8. The van der Waals surface area contributed by atoms with Crippen molar-refractivity contribution < 1.29 is 14.6 Å². The molecule has 1 saturated heterocycles. The zero-order chi connectivity index (χ0) is 23.8. The summed E-state index contributed by atoms with van der Waals surface area (Å²) in [6, 6.07) is 6.24. The minimum absolute atomic E-state index is 0.126. The molecule has 6 atom stereocenters. The van der Waals surface area contributed by atoms with Crippen molar-refractivity contribution in [1.82, 2.24) is 9.88 Å². The number of aromatic nitrogens is 1. The number of rotatable bonds is 5. The van der Waals surface area contributed by atoms with Crippen LogP contribution < -0.4 is 4.90 Å². The van der Waals surface area contributed by atoms with E-state index in [2.05, 4.69) is 46.8 Å². The lowest BCUT2D eigenvalue weighted by molar-refractivity contribution is -0.159. The molecule has 2 fully saturated rings. The lowest BCUT2D eigenvalue weighted by Crippen LogP contribution is -2.56. The van der Waals surface area contributed by atoms with Gasteiger partial charge >= 0.3 is 5.97 Å². The van der Waals surface area contributed by atoms with Gasteiger partial charge in [-0.15, -0.1) is 0 Å². The van der Waals surface area contributed by atoms with Crippen LogP contribution in [-0.2, 0) is 9.53 Å². The van der Waals surface area contributed by atoms with Crippen molar-refractivity contribution in [2.75, 3.05) is 37.6 Å². The molecule has 4 rings (SSSR count). The number of carbonyl (C=O) groups is 1. The highest BCUT2D eigenvalue weighted by atomic mass is 16.5. The van der Waals surface area contributed by atoms with E-state index in [9.17, 15) is 9.90 Å². The number of piperazine rings is 1. The third-order valence-corrected chi connectivity index (χ3v) is 8.44. The summed E-state index contributed by atoms with van der Waals surface area (Å²) in [6.45, 7) is 15.2. The molecule has 0 spiro atoms. The monoisotopic (exact) mass is 455 g/mol. The smallest absolute Gasteiger partial charge is 0.303 e. The zero-order valence-electron chi connectivity index (χ0n) is 21.0. The van der Waals surface area contributed by atoms with Crippen LogP contribution in [0.3, 0.4) is 0 Å². The van der Waals surface area contributed by atoms with E-state index in [0.717, 1.165) is 62.7 Å². The highest BCUT2D eigenvalue weighted by Crippen LogP contribution is 2.51. The van der Waals surface area contributed by atoms with Crippen molar-refractivity contribution in [2.24, 2.45) is 23.7 Å². The van der Waals surface area contributed by atoms with Gasteiger partial charge < -0.3 is 14.7 Å². The Kier molecular flexibility index (Phi) is 7.15. The van der Waals surface area contributed by atoms with Crippen molar-refractivity contribution in [1.29, 1.82) is 0 Å². The van der Waals surface area contributed by atoms with Crippen LogP contribution in [0.25, 0.3) is 0 Å². The van der Waals surface area contributed by atoms with E-state index in [0.29, 0.717) is 18.3 Å². The Labute approximate surface area is 199 Å². The molecule has 0 bridgehead atoms. The van der Waals surface area contributed by atoms with Gasteiger partial charge in [-0.05, 0) is 62.1 Å². The summed E-state index contributed by atoms with van der Waals surface area (Å²) >= 11 is 0. The maximum atomic E-state index is 11.8. The third-order valence-electron chi connectivity index (χ3n) is 8.44. The molecule has 3 aliphatic rings. The van der Waals surface area contributed by atoms with Crippen LogP contribution in [0, 0.1) is 30.6 Å². The number of aryl methyl sites for hydroxylation is 1. The van der Waals surface area contributed by atoms with Crippen LogP contribution in [0.1, 0.15) is 52.7 Å². The first kappa shape index (κ1) is 24.2. The fraction of sp³-hybridized carbons (Fsp3) is 0.704. The average Bonchev–Trinajstić information content (AvgIpc) is 2.76. The lowest BCUT2D eigenvalue weighted by atomic mass is 9.57. The normalized spacial score (nSPS) is 33.8. The number of carbonyl (C=O) groups excluding carboxylic acids is 1. The summed E-state index contributed by atoms with van der Waals surface area (Å²) in [5, 5.41) is 11.8. The number of fused-ring (bicyclic) bond motifs is 1. The molecule has 0 aromatic carbocycles. The Morgan fingerprint density at radius 2 is 1.97 bits per heavy atom. The summed E-state index contributed by atoms with van der Waals surface area (Å²) in [7, 11) is 0. The van der Waals surface area contributed by atoms with Crippen molar-refractivity contribution in [3.63, 3.8) is 0 Å². The third kappa shape index (κ3) is 5.12. The number of anilines is 1. The molecule has 6 heteroatoms. The molecule has 1 aromatic heterocycles. The Morgan fingerprint density at radius 3 is 2.64 bits per heavy atom. The first-order valence-corrected chi connectivity index (χ1v) is 12.7. The van der Waals surface area contributed by atoms with Crippen LogP contribution in [0.5, 0.6) is 0 Å². The second-order valence-corrected chi connectivity index (χ2v) is 10.8. The second kappa shape index (κ2) is 9.75. The molecular weight excluding hydrogens is 414 g/mol. The summed E-state index contributed by atoms with van der Waals surface area (Å²) < 4.78 is 5.55. The average molecular weight is 456 g/mol. The van der Waals surface area contributed by atoms with E-state index < -0.39 is 5.60 Å². The Hall–Kier alpha value is -1.92. The van der Waals surface area contributed by atoms with Gasteiger partial charge in [-0.2, -0.15) is 0 Å². The van der Waals surface area contributed by atoms with Gasteiger partial charge in [0.05, 0.1) is 5.60 Å². The van der Waals surface area contributed by atoms with E-state index >= 15 is 0 Å². The number of nitrogens with zero attached hydrogens (tertiary/aromatic N) is 3. The quantitative estimate of drug-likeness (QED) is 0.538. The maximum Gasteiger partial charge on any atom is 0.303 e.